The van der Waals surface area contributed by atoms with Gasteiger partial charge in [-0.25, -0.2) is 0 Å². The number of thioether (sulfide) groups is 1. The van der Waals surface area contributed by atoms with Crippen LogP contribution in [0, 0.1) is 0 Å². The van der Waals surface area contributed by atoms with Crippen LogP contribution in [0.4, 0.5) is 0 Å². The Hall–Kier alpha value is -2.12. The van der Waals surface area contributed by atoms with Gasteiger partial charge in [-0.2, -0.15) is 0 Å². The van der Waals surface area contributed by atoms with E-state index >= 15 is 0 Å². The Balaban J connectivity index is 1.91. The highest BCUT2D eigenvalue weighted by Gasteiger charge is 2.19. The van der Waals surface area contributed by atoms with Gasteiger partial charge in [-0.3, -0.25) is 4.79 Å². The Kier molecular flexibility index (Phi) is 6.11. The van der Waals surface area contributed by atoms with Crippen LogP contribution in [0.5, 0.6) is 0 Å². The molecular weight excluding hydrogens is 412 g/mol. The van der Waals surface area contributed by atoms with Crippen LogP contribution in [-0.4, -0.2) is 25.9 Å². The maximum Gasteiger partial charge on any atom is 0.230 e. The molecule has 0 saturated carbocycles. The molecule has 0 fully saturated rings. The molecule has 2 aromatic carbocycles. The highest BCUT2D eigenvalue weighted by molar-refractivity contribution is 9.10. The summed E-state index contributed by atoms with van der Waals surface area (Å²) in [6, 6.07) is 18.2. The second kappa shape index (κ2) is 8.51. The Bertz CT molecular complexity index is 880. The fourth-order valence-electron chi connectivity index (χ4n) is 2.49. The van der Waals surface area contributed by atoms with E-state index in [0.29, 0.717) is 5.16 Å². The second-order valence-corrected chi connectivity index (χ2v) is 8.09. The number of aromatic nitrogens is 3. The number of nitrogens with zero attached hydrogens (tertiary/aromatic N) is 3. The van der Waals surface area contributed by atoms with E-state index in [0.717, 1.165) is 28.8 Å². The Morgan fingerprint density at radius 3 is 2.50 bits per heavy atom. The highest BCUT2D eigenvalue weighted by atomic mass is 79.9. The fourth-order valence-corrected chi connectivity index (χ4v) is 3.58. The van der Waals surface area contributed by atoms with Crippen molar-refractivity contribution in [2.75, 3.05) is 0 Å². The van der Waals surface area contributed by atoms with E-state index in [9.17, 15) is 4.79 Å². The average molecular weight is 431 g/mol. The van der Waals surface area contributed by atoms with E-state index in [1.54, 1.807) is 6.92 Å². The molecule has 1 aromatic heterocycles. The van der Waals surface area contributed by atoms with E-state index in [1.165, 1.54) is 17.3 Å². The number of benzene rings is 2. The van der Waals surface area contributed by atoms with Gasteiger partial charge in [-0.1, -0.05) is 70.2 Å². The third-order valence-corrected chi connectivity index (χ3v) is 5.60. The lowest BCUT2D eigenvalue weighted by Gasteiger charge is -2.12. The summed E-state index contributed by atoms with van der Waals surface area (Å²) in [6.07, 6.45) is 0.848. The molecule has 3 aromatic rings. The Labute approximate surface area is 165 Å². The summed E-state index contributed by atoms with van der Waals surface area (Å²) in [5, 5.41) is 9.00. The van der Waals surface area contributed by atoms with E-state index in [4.69, 9.17) is 5.73 Å². The number of carbonyl (C=O) groups excluding carboxylic acids is 1. The first-order valence-corrected chi connectivity index (χ1v) is 9.91. The molecular formula is C19H19BrN4OS. The molecule has 7 heteroatoms. The average Bonchev–Trinajstić information content (AvgIpc) is 3.04. The molecule has 0 aliphatic rings. The van der Waals surface area contributed by atoms with Gasteiger partial charge in [-0.15, -0.1) is 10.2 Å². The lowest BCUT2D eigenvalue weighted by atomic mass is 10.1. The molecule has 1 unspecified atom stereocenters. The summed E-state index contributed by atoms with van der Waals surface area (Å²) >= 11 is 4.79. The first kappa shape index (κ1) is 18.7. The summed E-state index contributed by atoms with van der Waals surface area (Å²) in [7, 11) is 0. The number of halogens is 1. The molecule has 1 atom stereocenters. The van der Waals surface area contributed by atoms with Crippen molar-refractivity contribution in [3.05, 3.63) is 64.6 Å². The van der Waals surface area contributed by atoms with Crippen molar-refractivity contribution < 1.29 is 4.79 Å². The van der Waals surface area contributed by atoms with Gasteiger partial charge in [-0.05, 0) is 31.0 Å². The van der Waals surface area contributed by atoms with Crippen LogP contribution in [0.25, 0.3) is 11.4 Å². The lowest BCUT2D eigenvalue weighted by molar-refractivity contribution is -0.117. The topological polar surface area (TPSA) is 73.8 Å². The van der Waals surface area contributed by atoms with Crippen LogP contribution < -0.4 is 5.73 Å². The number of hydrogen-bond donors (Lipinski definition) is 1. The minimum atomic E-state index is -0.368. The van der Waals surface area contributed by atoms with Crippen LogP contribution in [0.1, 0.15) is 12.5 Å². The molecule has 2 N–H and O–H groups in total. The van der Waals surface area contributed by atoms with Gasteiger partial charge in [0, 0.05) is 16.6 Å². The van der Waals surface area contributed by atoms with Crippen LogP contribution >= 0.6 is 27.7 Å². The summed E-state index contributed by atoms with van der Waals surface area (Å²) < 4.78 is 3.06. The van der Waals surface area contributed by atoms with Gasteiger partial charge in [0.05, 0.1) is 5.25 Å². The molecule has 5 nitrogen and oxygen atoms in total. The third kappa shape index (κ3) is 4.53. The lowest BCUT2D eigenvalue weighted by Crippen LogP contribution is -2.23. The molecule has 3 rings (SSSR count). The van der Waals surface area contributed by atoms with Gasteiger partial charge in [0.15, 0.2) is 11.0 Å². The molecule has 134 valence electrons. The van der Waals surface area contributed by atoms with Gasteiger partial charge in [0.25, 0.3) is 0 Å². The number of amides is 1. The molecule has 26 heavy (non-hydrogen) atoms. The smallest absolute Gasteiger partial charge is 0.230 e. The first-order chi connectivity index (χ1) is 12.5. The second-order valence-electron chi connectivity index (χ2n) is 5.86. The molecule has 1 heterocycles. The zero-order chi connectivity index (χ0) is 18.5. The van der Waals surface area contributed by atoms with Crippen molar-refractivity contribution in [3.8, 4) is 11.4 Å². The number of hydrogen-bond acceptors (Lipinski definition) is 4. The standard InChI is InChI=1S/C19H19BrN4OS/c1-13(17(21)25)26-19-23-22-18(15-7-9-16(20)10-8-15)24(19)12-11-14-5-3-2-4-6-14/h2-10,13H,11-12H2,1H3,(H2,21,25). The third-order valence-electron chi connectivity index (χ3n) is 3.97. The van der Waals surface area contributed by atoms with Crippen molar-refractivity contribution in [3.63, 3.8) is 0 Å². The van der Waals surface area contributed by atoms with Crippen molar-refractivity contribution in [2.24, 2.45) is 5.73 Å². The van der Waals surface area contributed by atoms with E-state index in [1.807, 2.05) is 42.5 Å². The molecule has 0 spiro atoms. The molecule has 0 saturated heterocycles. The van der Waals surface area contributed by atoms with Crippen molar-refractivity contribution in [2.45, 2.75) is 30.3 Å². The maximum absolute atomic E-state index is 11.4. The van der Waals surface area contributed by atoms with Gasteiger partial charge >= 0.3 is 0 Å². The fraction of sp³-hybridized carbons (Fsp3) is 0.211. The van der Waals surface area contributed by atoms with Gasteiger partial charge in [0.2, 0.25) is 5.91 Å². The minimum Gasteiger partial charge on any atom is -0.369 e. The van der Waals surface area contributed by atoms with Crippen LogP contribution in [-0.2, 0) is 17.8 Å². The first-order valence-electron chi connectivity index (χ1n) is 8.23. The minimum absolute atomic E-state index is 0.363. The summed E-state index contributed by atoms with van der Waals surface area (Å²) in [5.74, 6) is 0.422. The number of nitrogens with two attached hydrogens (primary N) is 1. The predicted molar refractivity (Wildman–Crippen MR) is 108 cm³/mol. The van der Waals surface area contributed by atoms with Gasteiger partial charge in [0.1, 0.15) is 0 Å². The number of aryl methyl sites for hydroxylation is 1. The van der Waals surface area contributed by atoms with E-state index in [-0.39, 0.29) is 11.2 Å². The highest BCUT2D eigenvalue weighted by Crippen LogP contribution is 2.28. The van der Waals surface area contributed by atoms with Gasteiger partial charge < -0.3 is 10.3 Å². The largest absolute Gasteiger partial charge is 0.369 e. The summed E-state index contributed by atoms with van der Waals surface area (Å²) in [5.41, 5.74) is 7.63. The number of carbonyl (C=O) groups is 1. The maximum atomic E-state index is 11.4. The zero-order valence-corrected chi connectivity index (χ0v) is 16.7. The van der Waals surface area contributed by atoms with E-state index in [2.05, 4.69) is 42.8 Å². The SMILES string of the molecule is CC(Sc1nnc(-c2ccc(Br)cc2)n1CCc1ccccc1)C(N)=O. The quantitative estimate of drug-likeness (QED) is 0.576. The molecule has 0 radical (unpaired) electrons. The molecule has 0 aliphatic heterocycles. The van der Waals surface area contributed by atoms with Crippen molar-refractivity contribution in [1.29, 1.82) is 0 Å². The van der Waals surface area contributed by atoms with E-state index < -0.39 is 0 Å². The monoisotopic (exact) mass is 430 g/mol. The van der Waals surface area contributed by atoms with Crippen molar-refractivity contribution >= 4 is 33.6 Å². The number of rotatable bonds is 7. The Morgan fingerprint density at radius 1 is 1.15 bits per heavy atom. The van der Waals surface area contributed by atoms with Crippen molar-refractivity contribution in [1.82, 2.24) is 14.8 Å². The number of primary amides is 1. The zero-order valence-electron chi connectivity index (χ0n) is 14.3. The van der Waals surface area contributed by atoms with Crippen LogP contribution in [0.2, 0.25) is 0 Å². The predicted octanol–water partition coefficient (Wildman–Crippen LogP) is 3.92. The summed E-state index contributed by atoms with van der Waals surface area (Å²) in [4.78, 5) is 11.4. The van der Waals surface area contributed by atoms with Crippen LogP contribution in [0.15, 0.2) is 64.2 Å². The summed E-state index contributed by atoms with van der Waals surface area (Å²) in [6.45, 7) is 2.50. The molecule has 0 aliphatic carbocycles. The van der Waals surface area contributed by atoms with Crippen LogP contribution in [0.3, 0.4) is 0 Å². The molecule has 0 bridgehead atoms. The molecule has 1 amide bonds. The Morgan fingerprint density at radius 2 is 1.85 bits per heavy atom. The normalized spacial score (nSPS) is 12.1.